The molecule has 5 rings (SSSR count). The Morgan fingerprint density at radius 2 is 1.58 bits per heavy atom. The summed E-state index contributed by atoms with van der Waals surface area (Å²) in [5.41, 5.74) is 5.26. The lowest BCUT2D eigenvalue weighted by atomic mass is 9.96. The van der Waals surface area contributed by atoms with Crippen LogP contribution in [0.1, 0.15) is 52.0 Å². The molecule has 1 fully saturated rings. The van der Waals surface area contributed by atoms with Gasteiger partial charge >= 0.3 is 6.09 Å². The van der Waals surface area contributed by atoms with Crippen LogP contribution in [0.25, 0.3) is 33.6 Å². The van der Waals surface area contributed by atoms with Gasteiger partial charge in [-0.15, -0.1) is 0 Å². The first-order valence-electron chi connectivity index (χ1n) is 12.3. The molecule has 2 N–H and O–H groups in total. The zero-order chi connectivity index (χ0) is 25.5. The average Bonchev–Trinajstić information content (AvgIpc) is 3.54. The summed E-state index contributed by atoms with van der Waals surface area (Å²) >= 11 is 0. The van der Waals surface area contributed by atoms with Gasteiger partial charge in [-0.2, -0.15) is 10.2 Å². The summed E-state index contributed by atoms with van der Waals surface area (Å²) in [7, 11) is 1.92. The molecule has 4 aromatic rings. The molecule has 1 amide bonds. The molecule has 1 aromatic carbocycles. The summed E-state index contributed by atoms with van der Waals surface area (Å²) in [4.78, 5) is 18.9. The third-order valence-corrected chi connectivity index (χ3v) is 6.11. The Kier molecular flexibility index (Phi) is 8.10. The Hall–Kier alpha value is -4.01. The Morgan fingerprint density at radius 3 is 2.19 bits per heavy atom. The monoisotopic (exact) mass is 487 g/mol. The molecule has 9 nitrogen and oxygen atoms in total. The van der Waals surface area contributed by atoms with Crippen LogP contribution in [0.4, 0.5) is 4.79 Å². The number of carbonyl (C=O) groups is 1. The fraction of sp³-hybridized carbons (Fsp3) is 0.370. The lowest BCUT2D eigenvalue weighted by Gasteiger charge is -2.21. The number of hydrogen-bond donors (Lipinski definition) is 2. The molecule has 36 heavy (non-hydrogen) atoms. The summed E-state index contributed by atoms with van der Waals surface area (Å²) in [5.74, 6) is 0.721. The van der Waals surface area contributed by atoms with E-state index in [1.165, 1.54) is 32.1 Å². The van der Waals surface area contributed by atoms with E-state index in [0.29, 0.717) is 6.04 Å². The molecule has 188 valence electrons. The highest BCUT2D eigenvalue weighted by atomic mass is 16.4. The molecule has 9 heteroatoms. The number of nitrogens with one attached hydrogen (secondary N) is 1. The quantitative estimate of drug-likeness (QED) is 0.380. The SMILES string of the molecule is CC(C)NC(=O)O.Cn1cc(-c2cccc(-c3ncc(-c4cnn(C5CCCCC5)c4)cn3)c2)cn1. The fourth-order valence-corrected chi connectivity index (χ4v) is 4.31. The molecular weight excluding hydrogens is 454 g/mol. The van der Waals surface area contributed by atoms with Crippen LogP contribution in [-0.2, 0) is 7.05 Å². The molecule has 0 saturated heterocycles. The lowest BCUT2D eigenvalue weighted by Crippen LogP contribution is -2.27. The third kappa shape index (κ3) is 6.56. The van der Waals surface area contributed by atoms with Crippen LogP contribution in [0, 0.1) is 0 Å². The number of benzene rings is 1. The van der Waals surface area contributed by atoms with E-state index in [9.17, 15) is 4.79 Å². The van der Waals surface area contributed by atoms with Crippen molar-refractivity contribution >= 4 is 6.09 Å². The number of aromatic nitrogens is 6. The highest BCUT2D eigenvalue weighted by molar-refractivity contribution is 5.70. The van der Waals surface area contributed by atoms with E-state index in [2.05, 4.69) is 48.5 Å². The van der Waals surface area contributed by atoms with Gasteiger partial charge in [0.1, 0.15) is 0 Å². The van der Waals surface area contributed by atoms with Gasteiger partial charge in [-0.05, 0) is 38.3 Å². The maximum atomic E-state index is 9.70. The van der Waals surface area contributed by atoms with Crippen molar-refractivity contribution in [3.63, 3.8) is 0 Å². The van der Waals surface area contributed by atoms with Gasteiger partial charge in [-0.3, -0.25) is 9.36 Å². The second-order valence-corrected chi connectivity index (χ2v) is 9.38. The van der Waals surface area contributed by atoms with Crippen molar-refractivity contribution in [3.05, 3.63) is 61.4 Å². The van der Waals surface area contributed by atoms with Gasteiger partial charge in [-0.1, -0.05) is 37.5 Å². The van der Waals surface area contributed by atoms with Crippen molar-refractivity contribution in [1.29, 1.82) is 0 Å². The summed E-state index contributed by atoms with van der Waals surface area (Å²) in [6.45, 7) is 3.54. The molecule has 0 spiro atoms. The number of amides is 1. The van der Waals surface area contributed by atoms with Crippen LogP contribution in [0.2, 0.25) is 0 Å². The van der Waals surface area contributed by atoms with Crippen LogP contribution >= 0.6 is 0 Å². The van der Waals surface area contributed by atoms with Crippen molar-refractivity contribution < 1.29 is 9.90 Å². The lowest BCUT2D eigenvalue weighted by molar-refractivity contribution is 0.191. The minimum absolute atomic E-state index is 0.0255. The number of aryl methyl sites for hydroxylation is 1. The normalized spacial score (nSPS) is 13.8. The highest BCUT2D eigenvalue weighted by Gasteiger charge is 2.16. The maximum absolute atomic E-state index is 9.70. The smallest absolute Gasteiger partial charge is 0.404 e. The minimum Gasteiger partial charge on any atom is -0.465 e. The van der Waals surface area contributed by atoms with E-state index >= 15 is 0 Å². The molecule has 0 aliphatic heterocycles. The maximum Gasteiger partial charge on any atom is 0.404 e. The van der Waals surface area contributed by atoms with Crippen LogP contribution in [-0.4, -0.2) is 46.8 Å². The molecule has 1 saturated carbocycles. The zero-order valence-electron chi connectivity index (χ0n) is 21.0. The fourth-order valence-electron chi connectivity index (χ4n) is 4.31. The molecule has 1 aliphatic rings. The highest BCUT2D eigenvalue weighted by Crippen LogP contribution is 2.29. The first kappa shape index (κ1) is 25.1. The molecule has 0 radical (unpaired) electrons. The standard InChI is InChI=1S/C23H24N6.C4H9NO2/c1-28-15-20(13-26-28)17-6-5-7-18(10-17)23-24-11-19(12-25-23)21-14-27-29(16-21)22-8-3-2-4-9-22;1-3(2)5-4(6)7/h5-7,10-16,22H,2-4,8-9H2,1H3;3,5H,1-2H3,(H,6,7). The van der Waals surface area contributed by atoms with Crippen molar-refractivity contribution in [2.45, 2.75) is 58.0 Å². The largest absolute Gasteiger partial charge is 0.465 e. The number of rotatable bonds is 5. The van der Waals surface area contributed by atoms with Gasteiger partial charge in [0.05, 0.1) is 18.4 Å². The number of carboxylic acid groups (broad SMARTS) is 1. The Morgan fingerprint density at radius 1 is 0.917 bits per heavy atom. The molecule has 0 bridgehead atoms. The first-order chi connectivity index (χ1) is 17.4. The Balaban J connectivity index is 0.000000384. The van der Waals surface area contributed by atoms with E-state index in [1.54, 1.807) is 18.5 Å². The van der Waals surface area contributed by atoms with Crippen LogP contribution in [0.5, 0.6) is 0 Å². The van der Waals surface area contributed by atoms with Gasteiger partial charge in [0.2, 0.25) is 0 Å². The Bertz CT molecular complexity index is 1270. The van der Waals surface area contributed by atoms with E-state index in [1.807, 2.05) is 50.2 Å². The predicted molar refractivity (Wildman–Crippen MR) is 139 cm³/mol. The molecule has 0 atom stereocenters. The van der Waals surface area contributed by atoms with Gasteiger partial charge in [0.25, 0.3) is 0 Å². The molecule has 3 heterocycles. The predicted octanol–water partition coefficient (Wildman–Crippen LogP) is 5.58. The number of nitrogens with zero attached hydrogens (tertiary/aromatic N) is 6. The summed E-state index contributed by atoms with van der Waals surface area (Å²) in [6.07, 6.45) is 17.2. The average molecular weight is 488 g/mol. The van der Waals surface area contributed by atoms with Crippen molar-refractivity contribution in [3.8, 4) is 33.6 Å². The summed E-state index contributed by atoms with van der Waals surface area (Å²) in [6, 6.07) is 8.81. The van der Waals surface area contributed by atoms with Gasteiger partial charge < -0.3 is 10.4 Å². The van der Waals surface area contributed by atoms with Crippen molar-refractivity contribution in [2.75, 3.05) is 0 Å². The van der Waals surface area contributed by atoms with E-state index in [4.69, 9.17) is 5.11 Å². The van der Waals surface area contributed by atoms with Gasteiger partial charge in [-0.25, -0.2) is 14.8 Å². The second kappa shape index (κ2) is 11.6. The first-order valence-corrected chi connectivity index (χ1v) is 12.3. The summed E-state index contributed by atoms with van der Waals surface area (Å²) < 4.78 is 3.93. The summed E-state index contributed by atoms with van der Waals surface area (Å²) in [5, 5.41) is 19.0. The van der Waals surface area contributed by atoms with Crippen LogP contribution in [0.15, 0.2) is 61.4 Å². The van der Waals surface area contributed by atoms with Crippen molar-refractivity contribution in [1.82, 2.24) is 34.8 Å². The topological polar surface area (TPSA) is 111 Å². The zero-order valence-corrected chi connectivity index (χ0v) is 21.0. The minimum atomic E-state index is -0.963. The third-order valence-electron chi connectivity index (χ3n) is 6.11. The van der Waals surface area contributed by atoms with E-state index < -0.39 is 6.09 Å². The van der Waals surface area contributed by atoms with E-state index in [-0.39, 0.29) is 6.04 Å². The molecule has 0 unspecified atom stereocenters. The van der Waals surface area contributed by atoms with Crippen LogP contribution < -0.4 is 5.32 Å². The van der Waals surface area contributed by atoms with Crippen LogP contribution in [0.3, 0.4) is 0 Å². The molecule has 1 aliphatic carbocycles. The second-order valence-electron chi connectivity index (χ2n) is 9.38. The molecular formula is C27H33N7O2. The van der Waals surface area contributed by atoms with Crippen molar-refractivity contribution in [2.24, 2.45) is 7.05 Å². The van der Waals surface area contributed by atoms with E-state index in [0.717, 1.165) is 33.6 Å². The van der Waals surface area contributed by atoms with Gasteiger partial charge in [0, 0.05) is 60.1 Å². The van der Waals surface area contributed by atoms with Gasteiger partial charge in [0.15, 0.2) is 5.82 Å². The Labute approximate surface area is 211 Å². The molecule has 3 aromatic heterocycles. The number of hydrogen-bond acceptors (Lipinski definition) is 5.